The number of nitrogens with one attached hydrogen (secondary N) is 1. The van der Waals surface area contributed by atoms with Crippen molar-refractivity contribution in [2.75, 3.05) is 39.3 Å². The first-order valence-corrected chi connectivity index (χ1v) is 10.1. The van der Waals surface area contributed by atoms with Crippen LogP contribution in [-0.4, -0.2) is 60.1 Å². The van der Waals surface area contributed by atoms with Gasteiger partial charge in [-0.1, -0.05) is 59.6 Å². The summed E-state index contributed by atoms with van der Waals surface area (Å²) < 4.78 is 0. The first-order chi connectivity index (χ1) is 13.5. The van der Waals surface area contributed by atoms with Gasteiger partial charge in [-0.05, 0) is 23.3 Å². The Balaban J connectivity index is 1.37. The molecule has 1 atom stereocenters. The zero-order valence-corrected chi connectivity index (χ0v) is 17.2. The van der Waals surface area contributed by atoms with Gasteiger partial charge in [0.05, 0.1) is 22.7 Å². The number of amides is 1. The molecule has 3 rings (SSSR count). The summed E-state index contributed by atoms with van der Waals surface area (Å²) in [7, 11) is 0. The van der Waals surface area contributed by atoms with Crippen LogP contribution in [0.5, 0.6) is 0 Å². The van der Waals surface area contributed by atoms with E-state index in [4.69, 9.17) is 23.2 Å². The van der Waals surface area contributed by atoms with Crippen molar-refractivity contribution >= 4 is 29.1 Å². The molecule has 7 heteroatoms. The number of hydrogen-bond acceptors (Lipinski definition) is 4. The van der Waals surface area contributed by atoms with E-state index in [1.807, 2.05) is 36.4 Å². The first kappa shape index (κ1) is 21.1. The van der Waals surface area contributed by atoms with E-state index in [0.29, 0.717) is 29.7 Å². The number of rotatable bonds is 7. The average Bonchev–Trinajstić information content (AvgIpc) is 2.71. The Morgan fingerprint density at radius 2 is 1.68 bits per heavy atom. The van der Waals surface area contributed by atoms with Gasteiger partial charge in [0.25, 0.3) is 0 Å². The molecule has 0 spiro atoms. The quantitative estimate of drug-likeness (QED) is 0.721. The molecule has 0 bridgehead atoms. The monoisotopic (exact) mass is 421 g/mol. The van der Waals surface area contributed by atoms with Crippen molar-refractivity contribution in [3.05, 3.63) is 69.7 Å². The van der Waals surface area contributed by atoms with E-state index >= 15 is 0 Å². The van der Waals surface area contributed by atoms with E-state index in [0.717, 1.165) is 37.3 Å². The maximum absolute atomic E-state index is 12.2. The molecule has 1 fully saturated rings. The number of aliphatic hydroxyl groups is 1. The van der Waals surface area contributed by atoms with Crippen molar-refractivity contribution < 1.29 is 9.90 Å². The van der Waals surface area contributed by atoms with E-state index in [1.165, 1.54) is 0 Å². The summed E-state index contributed by atoms with van der Waals surface area (Å²) >= 11 is 11.9. The maximum Gasteiger partial charge on any atom is 0.234 e. The van der Waals surface area contributed by atoms with Crippen molar-refractivity contribution in [2.24, 2.45) is 0 Å². The standard InChI is InChI=1S/C21H25Cl2N3O2/c22-18-7-6-16(12-19(18)23)13-24-21(28)15-26-10-8-25(9-11-26)14-20(27)17-4-2-1-3-5-17/h1-7,12,20,27H,8-11,13-15H2,(H,24,28). The van der Waals surface area contributed by atoms with Crippen LogP contribution < -0.4 is 5.32 Å². The zero-order valence-electron chi connectivity index (χ0n) is 15.7. The minimum absolute atomic E-state index is 0.0103. The molecule has 2 aromatic carbocycles. The summed E-state index contributed by atoms with van der Waals surface area (Å²) in [6, 6.07) is 15.1. The summed E-state index contributed by atoms with van der Waals surface area (Å²) in [5.41, 5.74) is 1.86. The molecule has 5 nitrogen and oxygen atoms in total. The average molecular weight is 422 g/mol. The highest BCUT2D eigenvalue weighted by atomic mass is 35.5. The van der Waals surface area contributed by atoms with E-state index in [2.05, 4.69) is 15.1 Å². The van der Waals surface area contributed by atoms with Crippen LogP contribution in [0.3, 0.4) is 0 Å². The van der Waals surface area contributed by atoms with Crippen LogP contribution in [-0.2, 0) is 11.3 Å². The van der Waals surface area contributed by atoms with Crippen LogP contribution in [0, 0.1) is 0 Å². The number of β-amino-alcohol motifs (C(OH)–C–C–N with tert-alkyl or cyclic N) is 1. The molecule has 0 saturated carbocycles. The molecule has 150 valence electrons. The normalized spacial score (nSPS) is 16.7. The minimum Gasteiger partial charge on any atom is -0.387 e. The summed E-state index contributed by atoms with van der Waals surface area (Å²) in [5.74, 6) is -0.0103. The predicted octanol–water partition coefficient (Wildman–Crippen LogP) is 2.96. The van der Waals surface area contributed by atoms with Crippen molar-refractivity contribution in [2.45, 2.75) is 12.6 Å². The lowest BCUT2D eigenvalue weighted by Gasteiger charge is -2.35. The van der Waals surface area contributed by atoms with Crippen LogP contribution in [0.15, 0.2) is 48.5 Å². The summed E-state index contributed by atoms with van der Waals surface area (Å²) in [6.07, 6.45) is -0.484. The Bertz CT molecular complexity index is 780. The van der Waals surface area contributed by atoms with E-state index < -0.39 is 6.10 Å². The molecule has 0 aliphatic carbocycles. The number of carbonyl (C=O) groups is 1. The van der Waals surface area contributed by atoms with Crippen LogP contribution in [0.2, 0.25) is 10.0 Å². The maximum atomic E-state index is 12.2. The Morgan fingerprint density at radius 1 is 1.00 bits per heavy atom. The lowest BCUT2D eigenvalue weighted by atomic mass is 10.1. The second-order valence-electron chi connectivity index (χ2n) is 7.03. The molecule has 1 amide bonds. The highest BCUT2D eigenvalue weighted by Crippen LogP contribution is 2.22. The van der Waals surface area contributed by atoms with Gasteiger partial charge in [-0.2, -0.15) is 0 Å². The van der Waals surface area contributed by atoms with Gasteiger partial charge < -0.3 is 10.4 Å². The summed E-state index contributed by atoms with van der Waals surface area (Å²) in [6.45, 7) is 4.70. The van der Waals surface area contributed by atoms with Crippen LogP contribution in [0.1, 0.15) is 17.2 Å². The molecule has 1 aliphatic heterocycles. The van der Waals surface area contributed by atoms with Gasteiger partial charge in [0.2, 0.25) is 5.91 Å². The van der Waals surface area contributed by atoms with E-state index in [9.17, 15) is 9.90 Å². The Labute approximate surface area is 175 Å². The lowest BCUT2D eigenvalue weighted by Crippen LogP contribution is -2.50. The summed E-state index contributed by atoms with van der Waals surface area (Å²) in [4.78, 5) is 16.6. The fourth-order valence-electron chi connectivity index (χ4n) is 3.26. The Hall–Kier alpha value is -1.63. The smallest absolute Gasteiger partial charge is 0.234 e. The third-order valence-corrected chi connectivity index (χ3v) is 5.66. The lowest BCUT2D eigenvalue weighted by molar-refractivity contribution is -0.122. The molecular formula is C21H25Cl2N3O2. The topological polar surface area (TPSA) is 55.8 Å². The summed E-state index contributed by atoms with van der Waals surface area (Å²) in [5, 5.41) is 14.3. The highest BCUT2D eigenvalue weighted by molar-refractivity contribution is 6.42. The van der Waals surface area contributed by atoms with Crippen molar-refractivity contribution in [3.63, 3.8) is 0 Å². The largest absolute Gasteiger partial charge is 0.387 e. The third-order valence-electron chi connectivity index (χ3n) is 4.92. The van der Waals surface area contributed by atoms with Crippen molar-refractivity contribution in [1.82, 2.24) is 15.1 Å². The number of benzene rings is 2. The van der Waals surface area contributed by atoms with Gasteiger partial charge in [0.15, 0.2) is 0 Å². The van der Waals surface area contributed by atoms with Gasteiger partial charge in [-0.3, -0.25) is 14.6 Å². The van der Waals surface area contributed by atoms with E-state index in [-0.39, 0.29) is 5.91 Å². The van der Waals surface area contributed by atoms with Crippen LogP contribution >= 0.6 is 23.2 Å². The Morgan fingerprint density at radius 3 is 2.36 bits per heavy atom. The molecule has 28 heavy (non-hydrogen) atoms. The number of hydrogen-bond donors (Lipinski definition) is 2. The SMILES string of the molecule is O=C(CN1CCN(CC(O)c2ccccc2)CC1)NCc1ccc(Cl)c(Cl)c1. The second kappa shape index (κ2) is 10.2. The van der Waals surface area contributed by atoms with Gasteiger partial charge in [-0.15, -0.1) is 0 Å². The molecule has 1 unspecified atom stereocenters. The van der Waals surface area contributed by atoms with Crippen LogP contribution in [0.4, 0.5) is 0 Å². The van der Waals surface area contributed by atoms with Crippen LogP contribution in [0.25, 0.3) is 0 Å². The number of piperazine rings is 1. The van der Waals surface area contributed by atoms with Gasteiger partial charge in [-0.25, -0.2) is 0 Å². The molecule has 1 aliphatic rings. The number of aliphatic hydroxyl groups excluding tert-OH is 1. The highest BCUT2D eigenvalue weighted by Gasteiger charge is 2.21. The van der Waals surface area contributed by atoms with Gasteiger partial charge >= 0.3 is 0 Å². The molecule has 0 aromatic heterocycles. The van der Waals surface area contributed by atoms with Crippen molar-refractivity contribution in [1.29, 1.82) is 0 Å². The van der Waals surface area contributed by atoms with Crippen molar-refractivity contribution in [3.8, 4) is 0 Å². The molecule has 2 aromatic rings. The van der Waals surface area contributed by atoms with E-state index in [1.54, 1.807) is 12.1 Å². The molecule has 2 N–H and O–H groups in total. The fraction of sp³-hybridized carbons (Fsp3) is 0.381. The number of nitrogens with zero attached hydrogens (tertiary/aromatic N) is 2. The minimum atomic E-state index is -0.484. The van der Waals surface area contributed by atoms with Gasteiger partial charge in [0, 0.05) is 39.3 Å². The molecule has 0 radical (unpaired) electrons. The first-order valence-electron chi connectivity index (χ1n) is 9.39. The third kappa shape index (κ3) is 6.19. The Kier molecular flexibility index (Phi) is 7.71. The number of carbonyl (C=O) groups excluding carboxylic acids is 1. The molecule has 1 saturated heterocycles. The molecular weight excluding hydrogens is 397 g/mol. The van der Waals surface area contributed by atoms with Gasteiger partial charge in [0.1, 0.15) is 0 Å². The predicted molar refractivity (Wildman–Crippen MR) is 113 cm³/mol. The fourth-order valence-corrected chi connectivity index (χ4v) is 3.59. The zero-order chi connectivity index (χ0) is 19.9. The molecule has 1 heterocycles. The second-order valence-corrected chi connectivity index (χ2v) is 7.84. The number of halogens is 2.